The molecule has 0 bridgehead atoms. The van der Waals surface area contributed by atoms with Gasteiger partial charge in [0.15, 0.2) is 0 Å². The SMILES string of the molecule is CC(=O)Oc1ccc2ccccc2c1/C=C/c1nc2ccccc2c(=O)[nH]1. The van der Waals surface area contributed by atoms with Gasteiger partial charge in [-0.3, -0.25) is 9.59 Å². The van der Waals surface area contributed by atoms with Gasteiger partial charge in [-0.15, -0.1) is 0 Å². The molecular formula is C22H16N2O3. The van der Waals surface area contributed by atoms with Crippen molar-refractivity contribution in [1.82, 2.24) is 9.97 Å². The quantitative estimate of drug-likeness (QED) is 0.442. The number of benzene rings is 3. The summed E-state index contributed by atoms with van der Waals surface area (Å²) in [4.78, 5) is 30.9. The fraction of sp³-hybridized carbons (Fsp3) is 0.0455. The molecule has 1 heterocycles. The molecule has 132 valence electrons. The van der Waals surface area contributed by atoms with E-state index in [0.717, 1.165) is 16.3 Å². The van der Waals surface area contributed by atoms with E-state index in [9.17, 15) is 9.59 Å². The smallest absolute Gasteiger partial charge is 0.308 e. The number of hydrogen-bond donors (Lipinski definition) is 1. The molecule has 1 aromatic heterocycles. The summed E-state index contributed by atoms with van der Waals surface area (Å²) in [7, 11) is 0. The summed E-state index contributed by atoms with van der Waals surface area (Å²) in [5, 5.41) is 2.50. The number of rotatable bonds is 3. The summed E-state index contributed by atoms with van der Waals surface area (Å²) in [5.74, 6) is 0.498. The van der Waals surface area contributed by atoms with Gasteiger partial charge in [0.05, 0.1) is 10.9 Å². The molecule has 0 unspecified atom stereocenters. The van der Waals surface area contributed by atoms with E-state index in [2.05, 4.69) is 9.97 Å². The Morgan fingerprint density at radius 2 is 1.70 bits per heavy atom. The number of aromatic nitrogens is 2. The minimum Gasteiger partial charge on any atom is -0.426 e. The van der Waals surface area contributed by atoms with Crippen LogP contribution in [-0.4, -0.2) is 15.9 Å². The third kappa shape index (κ3) is 3.35. The second-order valence-corrected chi connectivity index (χ2v) is 6.09. The molecule has 0 saturated carbocycles. The maximum absolute atomic E-state index is 12.2. The first-order chi connectivity index (χ1) is 13.1. The van der Waals surface area contributed by atoms with Crippen LogP contribution in [0.25, 0.3) is 33.8 Å². The Morgan fingerprint density at radius 1 is 0.963 bits per heavy atom. The Hall–Kier alpha value is -3.73. The standard InChI is InChI=1S/C22H16N2O3/c1-14(25)27-20-12-10-15-6-2-3-7-16(15)17(20)11-13-21-23-19-9-5-4-8-18(19)22(26)24-21/h2-13H,1H3,(H,23,24,26)/b13-11+. The van der Waals surface area contributed by atoms with Crippen LogP contribution in [0.3, 0.4) is 0 Å². The van der Waals surface area contributed by atoms with Crippen LogP contribution in [0.1, 0.15) is 18.3 Å². The molecule has 4 aromatic rings. The fourth-order valence-electron chi connectivity index (χ4n) is 3.04. The van der Waals surface area contributed by atoms with E-state index < -0.39 is 5.97 Å². The van der Waals surface area contributed by atoms with Crippen LogP contribution in [0.4, 0.5) is 0 Å². The van der Waals surface area contributed by atoms with Crippen LogP contribution >= 0.6 is 0 Å². The Balaban J connectivity index is 1.85. The molecule has 0 saturated heterocycles. The van der Waals surface area contributed by atoms with E-state index in [4.69, 9.17) is 4.74 Å². The molecular weight excluding hydrogens is 340 g/mol. The second kappa shape index (κ2) is 6.88. The fourth-order valence-corrected chi connectivity index (χ4v) is 3.04. The van der Waals surface area contributed by atoms with Gasteiger partial charge in [0.2, 0.25) is 0 Å². The van der Waals surface area contributed by atoms with E-state index in [1.807, 2.05) is 36.4 Å². The van der Waals surface area contributed by atoms with E-state index in [1.54, 1.807) is 36.4 Å². The lowest BCUT2D eigenvalue weighted by Gasteiger charge is -2.09. The zero-order valence-corrected chi connectivity index (χ0v) is 14.6. The molecule has 3 aromatic carbocycles. The second-order valence-electron chi connectivity index (χ2n) is 6.09. The van der Waals surface area contributed by atoms with Crippen molar-refractivity contribution >= 4 is 39.8 Å². The van der Waals surface area contributed by atoms with Crippen molar-refractivity contribution in [2.24, 2.45) is 0 Å². The van der Waals surface area contributed by atoms with Gasteiger partial charge in [-0.05, 0) is 41.1 Å². The van der Waals surface area contributed by atoms with Crippen molar-refractivity contribution in [2.75, 3.05) is 0 Å². The zero-order valence-electron chi connectivity index (χ0n) is 14.6. The highest BCUT2D eigenvalue weighted by atomic mass is 16.5. The molecule has 27 heavy (non-hydrogen) atoms. The van der Waals surface area contributed by atoms with E-state index in [-0.39, 0.29) is 5.56 Å². The molecule has 0 aliphatic heterocycles. The number of aromatic amines is 1. The zero-order chi connectivity index (χ0) is 18.8. The lowest BCUT2D eigenvalue weighted by atomic mass is 10.0. The minimum absolute atomic E-state index is 0.196. The van der Waals surface area contributed by atoms with Crippen LogP contribution < -0.4 is 10.3 Å². The number of nitrogens with one attached hydrogen (secondary N) is 1. The van der Waals surface area contributed by atoms with Crippen molar-refractivity contribution in [3.63, 3.8) is 0 Å². The molecule has 0 amide bonds. The monoisotopic (exact) mass is 356 g/mol. The van der Waals surface area contributed by atoms with Gasteiger partial charge in [-0.25, -0.2) is 4.98 Å². The lowest BCUT2D eigenvalue weighted by molar-refractivity contribution is -0.131. The van der Waals surface area contributed by atoms with E-state index in [1.165, 1.54) is 6.92 Å². The number of nitrogens with zero attached hydrogens (tertiary/aromatic N) is 1. The predicted molar refractivity (Wildman–Crippen MR) is 107 cm³/mol. The molecule has 4 rings (SSSR count). The Bertz CT molecular complexity index is 1260. The third-order valence-electron chi connectivity index (χ3n) is 4.22. The topological polar surface area (TPSA) is 72.0 Å². The number of ether oxygens (including phenoxy) is 1. The number of para-hydroxylation sites is 1. The maximum atomic E-state index is 12.2. The van der Waals surface area contributed by atoms with Gasteiger partial charge in [0, 0.05) is 12.5 Å². The lowest BCUT2D eigenvalue weighted by Crippen LogP contribution is -2.09. The Kier molecular flexibility index (Phi) is 4.26. The number of H-pyrrole nitrogens is 1. The van der Waals surface area contributed by atoms with Gasteiger partial charge in [0.25, 0.3) is 5.56 Å². The molecule has 0 radical (unpaired) electrons. The van der Waals surface area contributed by atoms with E-state index in [0.29, 0.717) is 22.5 Å². The van der Waals surface area contributed by atoms with E-state index >= 15 is 0 Å². The number of carbonyl (C=O) groups excluding carboxylic acids is 1. The average Bonchev–Trinajstić information content (AvgIpc) is 2.66. The van der Waals surface area contributed by atoms with Crippen LogP contribution in [0, 0.1) is 0 Å². The summed E-state index contributed by atoms with van der Waals surface area (Å²) in [5.41, 5.74) is 1.18. The van der Waals surface area contributed by atoms with Crippen LogP contribution in [0.2, 0.25) is 0 Å². The first kappa shape index (κ1) is 16.7. The normalized spacial score (nSPS) is 11.3. The summed E-state index contributed by atoms with van der Waals surface area (Å²) >= 11 is 0. The van der Waals surface area contributed by atoms with Gasteiger partial charge in [-0.2, -0.15) is 0 Å². The number of esters is 1. The summed E-state index contributed by atoms with van der Waals surface area (Å²) in [6.07, 6.45) is 3.51. The molecule has 0 atom stereocenters. The maximum Gasteiger partial charge on any atom is 0.308 e. The Morgan fingerprint density at radius 3 is 2.52 bits per heavy atom. The third-order valence-corrected chi connectivity index (χ3v) is 4.22. The molecule has 1 N–H and O–H groups in total. The minimum atomic E-state index is -0.392. The average molecular weight is 356 g/mol. The molecule has 0 aliphatic rings. The van der Waals surface area contributed by atoms with Gasteiger partial charge in [0.1, 0.15) is 11.6 Å². The van der Waals surface area contributed by atoms with Crippen molar-refractivity contribution in [2.45, 2.75) is 6.92 Å². The molecule has 5 nitrogen and oxygen atoms in total. The number of carbonyl (C=O) groups is 1. The first-order valence-electron chi connectivity index (χ1n) is 8.49. The summed E-state index contributed by atoms with van der Waals surface area (Å²) < 4.78 is 5.35. The summed E-state index contributed by atoms with van der Waals surface area (Å²) in [6, 6.07) is 18.7. The molecule has 5 heteroatoms. The summed E-state index contributed by atoms with van der Waals surface area (Å²) in [6.45, 7) is 1.37. The highest BCUT2D eigenvalue weighted by Crippen LogP contribution is 2.30. The van der Waals surface area contributed by atoms with Crippen LogP contribution in [0.15, 0.2) is 65.5 Å². The Labute approximate surface area is 154 Å². The first-order valence-corrected chi connectivity index (χ1v) is 8.49. The van der Waals surface area contributed by atoms with Crippen molar-refractivity contribution in [3.05, 3.63) is 82.4 Å². The number of fused-ring (bicyclic) bond motifs is 2. The highest BCUT2D eigenvalue weighted by molar-refractivity contribution is 5.96. The highest BCUT2D eigenvalue weighted by Gasteiger charge is 2.09. The van der Waals surface area contributed by atoms with Crippen LogP contribution in [-0.2, 0) is 4.79 Å². The van der Waals surface area contributed by atoms with Crippen molar-refractivity contribution in [1.29, 1.82) is 0 Å². The predicted octanol–water partition coefficient (Wildman–Crippen LogP) is 4.17. The number of hydrogen-bond acceptors (Lipinski definition) is 4. The van der Waals surface area contributed by atoms with Crippen molar-refractivity contribution < 1.29 is 9.53 Å². The van der Waals surface area contributed by atoms with Crippen LogP contribution in [0.5, 0.6) is 5.75 Å². The molecule has 0 fully saturated rings. The van der Waals surface area contributed by atoms with Gasteiger partial charge in [-0.1, -0.05) is 42.5 Å². The largest absolute Gasteiger partial charge is 0.426 e. The van der Waals surface area contributed by atoms with Gasteiger partial charge < -0.3 is 9.72 Å². The molecule has 0 aliphatic carbocycles. The molecule has 0 spiro atoms. The van der Waals surface area contributed by atoms with Gasteiger partial charge >= 0.3 is 5.97 Å². The van der Waals surface area contributed by atoms with Crippen molar-refractivity contribution in [3.8, 4) is 5.75 Å².